The predicted octanol–water partition coefficient (Wildman–Crippen LogP) is 2.90. The average Bonchev–Trinajstić information content (AvgIpc) is 2.90. The summed E-state index contributed by atoms with van der Waals surface area (Å²) < 4.78 is 0. The van der Waals surface area contributed by atoms with Gasteiger partial charge in [-0.2, -0.15) is 0 Å². The Bertz CT molecular complexity index is 447. The third-order valence-electron chi connectivity index (χ3n) is 3.80. The molecule has 108 valence electrons. The van der Waals surface area contributed by atoms with Crippen molar-refractivity contribution in [1.82, 2.24) is 5.32 Å². The molecular weight excluding hydrogens is 250 g/mol. The molecule has 1 fully saturated rings. The minimum absolute atomic E-state index is 0.0167. The summed E-state index contributed by atoms with van der Waals surface area (Å²) in [6.07, 6.45) is 8.97. The number of benzene rings is 1. The summed E-state index contributed by atoms with van der Waals surface area (Å²) in [5, 5.41) is 13.0. The van der Waals surface area contributed by atoms with E-state index in [1.165, 1.54) is 0 Å². The second kappa shape index (κ2) is 7.25. The van der Waals surface area contributed by atoms with Crippen molar-refractivity contribution in [3.63, 3.8) is 0 Å². The second-order valence-electron chi connectivity index (χ2n) is 5.56. The maximum absolute atomic E-state index is 11.7. The van der Waals surface area contributed by atoms with Crippen LogP contribution in [0.25, 0.3) is 6.08 Å². The molecule has 0 unspecified atom stereocenters. The van der Waals surface area contributed by atoms with E-state index in [1.54, 1.807) is 0 Å². The van der Waals surface area contributed by atoms with Crippen molar-refractivity contribution in [3.8, 4) is 0 Å². The van der Waals surface area contributed by atoms with Crippen LogP contribution in [0.2, 0.25) is 0 Å². The molecule has 0 aromatic heterocycles. The Balaban J connectivity index is 1.64. The van der Waals surface area contributed by atoms with E-state index in [0.717, 1.165) is 37.7 Å². The first-order chi connectivity index (χ1) is 9.68. The minimum atomic E-state index is -0.657. The monoisotopic (exact) mass is 273 g/mol. The quantitative estimate of drug-likeness (QED) is 0.837. The molecule has 0 atom stereocenters. The summed E-state index contributed by atoms with van der Waals surface area (Å²) in [6, 6.07) is 10.0. The van der Waals surface area contributed by atoms with Gasteiger partial charge in [-0.05, 0) is 24.8 Å². The van der Waals surface area contributed by atoms with Gasteiger partial charge in [-0.25, -0.2) is 0 Å². The first-order valence-electron chi connectivity index (χ1n) is 7.39. The zero-order valence-electron chi connectivity index (χ0n) is 11.8. The van der Waals surface area contributed by atoms with Crippen molar-refractivity contribution in [3.05, 3.63) is 42.0 Å². The maximum Gasteiger partial charge on any atom is 0.220 e. The number of carbonyl (C=O) groups is 1. The van der Waals surface area contributed by atoms with Gasteiger partial charge in [0.05, 0.1) is 5.60 Å². The van der Waals surface area contributed by atoms with Crippen molar-refractivity contribution >= 4 is 12.0 Å². The summed E-state index contributed by atoms with van der Waals surface area (Å²) in [7, 11) is 0. The first-order valence-corrected chi connectivity index (χ1v) is 7.39. The number of aliphatic hydroxyl groups is 1. The van der Waals surface area contributed by atoms with Gasteiger partial charge in [0.25, 0.3) is 0 Å². The fourth-order valence-electron chi connectivity index (χ4n) is 2.56. The van der Waals surface area contributed by atoms with Crippen LogP contribution in [0.3, 0.4) is 0 Å². The van der Waals surface area contributed by atoms with Crippen LogP contribution in [0.5, 0.6) is 0 Å². The summed E-state index contributed by atoms with van der Waals surface area (Å²) in [4.78, 5) is 11.7. The van der Waals surface area contributed by atoms with Crippen LogP contribution in [0, 0.1) is 0 Å². The Morgan fingerprint density at radius 1 is 1.25 bits per heavy atom. The molecule has 3 nitrogen and oxygen atoms in total. The molecule has 1 aromatic carbocycles. The molecule has 3 heteroatoms. The van der Waals surface area contributed by atoms with Crippen molar-refractivity contribution in [2.45, 2.75) is 44.1 Å². The number of rotatable bonds is 6. The molecule has 1 aliphatic rings. The highest BCUT2D eigenvalue weighted by atomic mass is 16.3. The maximum atomic E-state index is 11.7. The smallest absolute Gasteiger partial charge is 0.220 e. The molecule has 1 aromatic rings. The Labute approximate surface area is 120 Å². The highest BCUT2D eigenvalue weighted by molar-refractivity contribution is 5.76. The lowest BCUT2D eigenvalue weighted by Gasteiger charge is -2.22. The molecular formula is C17H23NO2. The van der Waals surface area contributed by atoms with Crippen molar-refractivity contribution in [2.75, 3.05) is 6.54 Å². The van der Waals surface area contributed by atoms with E-state index in [9.17, 15) is 9.90 Å². The van der Waals surface area contributed by atoms with E-state index >= 15 is 0 Å². The molecule has 1 amide bonds. The van der Waals surface area contributed by atoms with Crippen molar-refractivity contribution in [1.29, 1.82) is 0 Å². The van der Waals surface area contributed by atoms with Gasteiger partial charge in [0.2, 0.25) is 5.91 Å². The zero-order chi connectivity index (χ0) is 14.3. The summed E-state index contributed by atoms with van der Waals surface area (Å²) in [6.45, 7) is 0.397. The van der Waals surface area contributed by atoms with E-state index in [2.05, 4.69) is 5.32 Å². The van der Waals surface area contributed by atoms with E-state index in [1.807, 2.05) is 42.5 Å². The molecule has 2 N–H and O–H groups in total. The molecule has 20 heavy (non-hydrogen) atoms. The van der Waals surface area contributed by atoms with Gasteiger partial charge < -0.3 is 10.4 Å². The second-order valence-corrected chi connectivity index (χ2v) is 5.56. The molecule has 0 saturated heterocycles. The van der Waals surface area contributed by atoms with Crippen LogP contribution < -0.4 is 5.32 Å². The highest BCUT2D eigenvalue weighted by Gasteiger charge is 2.31. The van der Waals surface area contributed by atoms with Crippen LogP contribution in [-0.4, -0.2) is 23.2 Å². The molecule has 1 saturated carbocycles. The standard InChI is InChI=1S/C17H23NO2/c19-16(18-14-17(20)12-6-7-13-17)11-5-4-10-15-8-2-1-3-9-15/h1-4,8-10,20H,5-7,11-14H2,(H,18,19)/b10-4+. The number of hydrogen-bond acceptors (Lipinski definition) is 2. The van der Waals surface area contributed by atoms with Crippen LogP contribution in [0.4, 0.5) is 0 Å². The normalized spacial score (nSPS) is 17.4. The molecule has 0 aliphatic heterocycles. The molecule has 0 bridgehead atoms. The lowest BCUT2D eigenvalue weighted by molar-refractivity contribution is -0.122. The molecule has 0 heterocycles. The molecule has 2 rings (SSSR count). The summed E-state index contributed by atoms with van der Waals surface area (Å²) in [5.41, 5.74) is 0.489. The first kappa shape index (κ1) is 14.8. The number of allylic oxidation sites excluding steroid dienone is 1. The number of carbonyl (C=O) groups excluding carboxylic acids is 1. The number of amides is 1. The molecule has 0 radical (unpaired) electrons. The summed E-state index contributed by atoms with van der Waals surface area (Å²) in [5.74, 6) is 0.0167. The van der Waals surface area contributed by atoms with Gasteiger partial charge in [0, 0.05) is 13.0 Å². The van der Waals surface area contributed by atoms with E-state index in [-0.39, 0.29) is 5.91 Å². The fourth-order valence-corrected chi connectivity index (χ4v) is 2.56. The van der Waals surface area contributed by atoms with Gasteiger partial charge in [-0.3, -0.25) is 4.79 Å². The third kappa shape index (κ3) is 4.82. The number of hydrogen-bond donors (Lipinski definition) is 2. The van der Waals surface area contributed by atoms with Gasteiger partial charge >= 0.3 is 0 Å². The highest BCUT2D eigenvalue weighted by Crippen LogP contribution is 2.28. The average molecular weight is 273 g/mol. The largest absolute Gasteiger partial charge is 0.388 e. The number of nitrogens with one attached hydrogen (secondary N) is 1. The fraction of sp³-hybridized carbons (Fsp3) is 0.471. The van der Waals surface area contributed by atoms with Crippen molar-refractivity contribution in [2.24, 2.45) is 0 Å². The SMILES string of the molecule is O=C(CC/C=C/c1ccccc1)NCC1(O)CCCC1. The van der Waals surface area contributed by atoms with Gasteiger partial charge in [-0.1, -0.05) is 55.3 Å². The van der Waals surface area contributed by atoms with E-state index < -0.39 is 5.60 Å². The van der Waals surface area contributed by atoms with Crippen LogP contribution in [-0.2, 0) is 4.79 Å². The topological polar surface area (TPSA) is 49.3 Å². The zero-order valence-corrected chi connectivity index (χ0v) is 11.8. The minimum Gasteiger partial charge on any atom is -0.388 e. The molecule has 1 aliphatic carbocycles. The van der Waals surface area contributed by atoms with Crippen molar-refractivity contribution < 1.29 is 9.90 Å². The van der Waals surface area contributed by atoms with Crippen LogP contribution in [0.1, 0.15) is 44.1 Å². The third-order valence-corrected chi connectivity index (χ3v) is 3.80. The Morgan fingerprint density at radius 3 is 2.65 bits per heavy atom. The lowest BCUT2D eigenvalue weighted by atomic mass is 10.0. The van der Waals surface area contributed by atoms with E-state index in [0.29, 0.717) is 13.0 Å². The Kier molecular flexibility index (Phi) is 5.36. The Morgan fingerprint density at radius 2 is 1.95 bits per heavy atom. The van der Waals surface area contributed by atoms with Crippen LogP contribution >= 0.6 is 0 Å². The van der Waals surface area contributed by atoms with Gasteiger partial charge in [0.1, 0.15) is 0 Å². The Hall–Kier alpha value is -1.61. The van der Waals surface area contributed by atoms with Gasteiger partial charge in [0.15, 0.2) is 0 Å². The lowest BCUT2D eigenvalue weighted by Crippen LogP contribution is -2.40. The molecule has 0 spiro atoms. The van der Waals surface area contributed by atoms with Gasteiger partial charge in [-0.15, -0.1) is 0 Å². The predicted molar refractivity (Wildman–Crippen MR) is 81.1 cm³/mol. The van der Waals surface area contributed by atoms with E-state index in [4.69, 9.17) is 0 Å². The van der Waals surface area contributed by atoms with Crippen LogP contribution in [0.15, 0.2) is 36.4 Å². The summed E-state index contributed by atoms with van der Waals surface area (Å²) >= 11 is 0.